The Labute approximate surface area is 144 Å². The second kappa shape index (κ2) is 7.74. The van der Waals surface area contributed by atoms with Crippen molar-refractivity contribution >= 4 is 15.9 Å². The summed E-state index contributed by atoms with van der Waals surface area (Å²) < 4.78 is 42.8. The lowest BCUT2D eigenvalue weighted by molar-refractivity contribution is -0.127. The van der Waals surface area contributed by atoms with Crippen molar-refractivity contribution in [3.63, 3.8) is 0 Å². The van der Waals surface area contributed by atoms with Gasteiger partial charge in [0, 0.05) is 0 Å². The van der Waals surface area contributed by atoms with Crippen LogP contribution in [0.3, 0.4) is 0 Å². The fourth-order valence-electron chi connectivity index (χ4n) is 1.77. The van der Waals surface area contributed by atoms with Gasteiger partial charge < -0.3 is 4.74 Å². The fourth-order valence-corrected chi connectivity index (χ4v) is 2.62. The number of hydrogen-bond acceptors (Lipinski definition) is 5. The minimum atomic E-state index is -4.02. The van der Waals surface area contributed by atoms with E-state index in [-0.39, 0.29) is 10.6 Å². The first-order valence-corrected chi connectivity index (χ1v) is 8.55. The number of carbonyl (C=O) groups excluding carboxylic acids is 1. The second-order valence-electron chi connectivity index (χ2n) is 4.92. The summed E-state index contributed by atoms with van der Waals surface area (Å²) >= 11 is 0. The van der Waals surface area contributed by atoms with Gasteiger partial charge in [-0.3, -0.25) is 10.2 Å². The number of rotatable bonds is 6. The van der Waals surface area contributed by atoms with Crippen molar-refractivity contribution in [2.45, 2.75) is 17.9 Å². The van der Waals surface area contributed by atoms with Crippen molar-refractivity contribution < 1.29 is 22.3 Å². The van der Waals surface area contributed by atoms with E-state index in [1.807, 2.05) is 16.3 Å². The van der Waals surface area contributed by atoms with Crippen LogP contribution in [-0.2, 0) is 14.8 Å². The molecule has 0 fully saturated rings. The third-order valence-electron chi connectivity index (χ3n) is 3.11. The normalized spacial score (nSPS) is 12.0. The van der Waals surface area contributed by atoms with Crippen molar-refractivity contribution in [3.05, 3.63) is 59.9 Å². The summed E-state index contributed by atoms with van der Waals surface area (Å²) in [4.78, 5) is 13.7. The zero-order chi connectivity index (χ0) is 18.4. The number of ether oxygens (including phenoxy) is 1. The largest absolute Gasteiger partial charge is 0.478 e. The molecule has 0 saturated carbocycles. The molecule has 0 radical (unpaired) electrons. The lowest BCUT2D eigenvalue weighted by Crippen LogP contribution is -2.47. The highest BCUT2D eigenvalue weighted by molar-refractivity contribution is 7.89. The number of nitrogens with zero attached hydrogens (tertiary/aromatic N) is 1. The molecule has 1 atom stereocenters. The van der Waals surface area contributed by atoms with Gasteiger partial charge in [0.1, 0.15) is 0 Å². The van der Waals surface area contributed by atoms with Gasteiger partial charge in [-0.05, 0) is 43.3 Å². The van der Waals surface area contributed by atoms with E-state index in [0.717, 1.165) is 0 Å². The number of hydrazine groups is 1. The van der Waals surface area contributed by atoms with Crippen LogP contribution in [0.15, 0.2) is 53.4 Å². The number of carbonyl (C=O) groups is 1. The first-order valence-electron chi connectivity index (χ1n) is 7.06. The molecule has 7 nitrogen and oxygen atoms in total. The van der Waals surface area contributed by atoms with E-state index in [4.69, 9.17) is 10.00 Å². The van der Waals surface area contributed by atoms with Crippen molar-refractivity contribution in [3.8, 4) is 11.8 Å². The lowest BCUT2D eigenvalue weighted by atomic mass is 10.2. The quantitative estimate of drug-likeness (QED) is 0.756. The van der Waals surface area contributed by atoms with E-state index >= 15 is 0 Å². The molecule has 25 heavy (non-hydrogen) atoms. The Morgan fingerprint density at radius 1 is 1.20 bits per heavy atom. The zero-order valence-electron chi connectivity index (χ0n) is 13.1. The Morgan fingerprint density at radius 2 is 1.84 bits per heavy atom. The van der Waals surface area contributed by atoms with Gasteiger partial charge in [-0.1, -0.05) is 12.1 Å². The summed E-state index contributed by atoms with van der Waals surface area (Å²) in [5.41, 5.74) is 2.30. The van der Waals surface area contributed by atoms with Crippen LogP contribution in [0.4, 0.5) is 4.39 Å². The van der Waals surface area contributed by atoms with Gasteiger partial charge >= 0.3 is 0 Å². The number of hydrogen-bond donors (Lipinski definition) is 2. The van der Waals surface area contributed by atoms with Gasteiger partial charge in [0.25, 0.3) is 15.9 Å². The Kier molecular flexibility index (Phi) is 5.69. The number of nitrogens with one attached hydrogen (secondary N) is 2. The average Bonchev–Trinajstić information content (AvgIpc) is 2.61. The molecule has 0 aliphatic heterocycles. The van der Waals surface area contributed by atoms with E-state index in [2.05, 4.69) is 0 Å². The van der Waals surface area contributed by atoms with E-state index in [0.29, 0.717) is 5.56 Å². The number of benzene rings is 2. The molecule has 0 bridgehead atoms. The molecule has 2 N–H and O–H groups in total. The number of para-hydroxylation sites is 1. The van der Waals surface area contributed by atoms with Gasteiger partial charge in [0.15, 0.2) is 17.7 Å². The first kappa shape index (κ1) is 18.4. The summed E-state index contributed by atoms with van der Waals surface area (Å²) in [5.74, 6) is -1.57. The van der Waals surface area contributed by atoms with E-state index < -0.39 is 27.9 Å². The molecule has 0 aliphatic rings. The first-order chi connectivity index (χ1) is 11.8. The Hall–Kier alpha value is -2.96. The molecule has 2 aromatic rings. The molecule has 0 saturated heterocycles. The van der Waals surface area contributed by atoms with Crippen LogP contribution in [0, 0.1) is 17.1 Å². The smallest absolute Gasteiger partial charge is 0.275 e. The molecule has 9 heteroatoms. The minimum Gasteiger partial charge on any atom is -0.478 e. The predicted molar refractivity (Wildman–Crippen MR) is 86.1 cm³/mol. The van der Waals surface area contributed by atoms with E-state index in [9.17, 15) is 17.6 Å². The van der Waals surface area contributed by atoms with Crippen LogP contribution < -0.4 is 15.0 Å². The molecule has 130 valence electrons. The third-order valence-corrected chi connectivity index (χ3v) is 4.38. The van der Waals surface area contributed by atoms with Crippen molar-refractivity contribution in [2.24, 2.45) is 0 Å². The zero-order valence-corrected chi connectivity index (χ0v) is 13.9. The highest BCUT2D eigenvalue weighted by Gasteiger charge is 2.20. The van der Waals surface area contributed by atoms with Crippen molar-refractivity contribution in [1.29, 1.82) is 5.26 Å². The standard InChI is InChI=1S/C16H14FN3O4S/c1-11(24-15-5-3-2-4-14(15)17)16(21)19-20-25(22,23)13-8-6-12(10-18)7-9-13/h2-9,11,20H,1H3,(H,19,21)/t11-/m0/s1. The molecular weight excluding hydrogens is 349 g/mol. The fraction of sp³-hybridized carbons (Fsp3) is 0.125. The number of halogens is 1. The van der Waals surface area contributed by atoms with E-state index in [1.54, 1.807) is 0 Å². The highest BCUT2D eigenvalue weighted by atomic mass is 32.2. The molecular formula is C16H14FN3O4S. The van der Waals surface area contributed by atoms with Crippen LogP contribution >= 0.6 is 0 Å². The van der Waals surface area contributed by atoms with Crippen molar-refractivity contribution in [1.82, 2.24) is 10.3 Å². The van der Waals surface area contributed by atoms with Crippen LogP contribution in [-0.4, -0.2) is 20.4 Å². The summed E-state index contributed by atoms with van der Waals surface area (Å²) in [6.07, 6.45) is -1.14. The molecule has 0 spiro atoms. The molecule has 1 amide bonds. The van der Waals surface area contributed by atoms with Crippen molar-refractivity contribution in [2.75, 3.05) is 0 Å². The SMILES string of the molecule is C[C@H](Oc1ccccc1F)C(=O)NNS(=O)(=O)c1ccc(C#N)cc1. The highest BCUT2D eigenvalue weighted by Crippen LogP contribution is 2.17. The summed E-state index contributed by atoms with van der Waals surface area (Å²) in [5, 5.41) is 8.70. The molecule has 0 heterocycles. The lowest BCUT2D eigenvalue weighted by Gasteiger charge is -2.15. The van der Waals surface area contributed by atoms with E-state index in [1.165, 1.54) is 55.5 Å². The summed E-state index contributed by atoms with van der Waals surface area (Å²) in [7, 11) is -4.02. The Bertz CT molecular complexity index is 908. The van der Waals surface area contributed by atoms with Gasteiger partial charge in [0.2, 0.25) is 0 Å². The number of nitriles is 1. The van der Waals surface area contributed by atoms with Gasteiger partial charge in [-0.2, -0.15) is 5.26 Å². The third kappa shape index (κ3) is 4.76. The van der Waals surface area contributed by atoms with Crippen LogP contribution in [0.25, 0.3) is 0 Å². The van der Waals surface area contributed by atoms with Gasteiger partial charge in [-0.25, -0.2) is 12.8 Å². The number of sulfonamides is 1. The Morgan fingerprint density at radius 3 is 2.44 bits per heavy atom. The Balaban J connectivity index is 1.98. The topological polar surface area (TPSA) is 108 Å². The summed E-state index contributed by atoms with van der Waals surface area (Å²) in [6.45, 7) is 1.35. The average molecular weight is 363 g/mol. The molecule has 2 rings (SSSR count). The second-order valence-corrected chi connectivity index (χ2v) is 6.60. The maximum Gasteiger partial charge on any atom is 0.275 e. The van der Waals surface area contributed by atoms with Crippen LogP contribution in [0.5, 0.6) is 5.75 Å². The molecule has 0 aliphatic carbocycles. The number of amides is 1. The molecule has 0 aromatic heterocycles. The van der Waals surface area contributed by atoms with Gasteiger partial charge in [0.05, 0.1) is 16.5 Å². The minimum absolute atomic E-state index is 0.125. The predicted octanol–water partition coefficient (Wildman–Crippen LogP) is 1.47. The van der Waals surface area contributed by atoms with Gasteiger partial charge in [-0.15, -0.1) is 4.83 Å². The van der Waals surface area contributed by atoms with Crippen LogP contribution in [0.1, 0.15) is 12.5 Å². The van der Waals surface area contributed by atoms with Crippen LogP contribution in [0.2, 0.25) is 0 Å². The maximum atomic E-state index is 13.5. The maximum absolute atomic E-state index is 13.5. The molecule has 2 aromatic carbocycles. The summed E-state index contributed by atoms with van der Waals surface area (Å²) in [6, 6.07) is 12.5. The molecule has 0 unspecified atom stereocenters. The monoisotopic (exact) mass is 363 g/mol.